The van der Waals surface area contributed by atoms with Gasteiger partial charge in [-0.3, -0.25) is 19.3 Å². The minimum absolute atomic E-state index is 0.105. The summed E-state index contributed by atoms with van der Waals surface area (Å²) in [6.45, 7) is 0.105. The van der Waals surface area contributed by atoms with Crippen LogP contribution in [0, 0.1) is 5.82 Å². The fourth-order valence-electron chi connectivity index (χ4n) is 2.84. The first kappa shape index (κ1) is 20.8. The summed E-state index contributed by atoms with van der Waals surface area (Å²) in [6.07, 6.45) is 1.52. The Morgan fingerprint density at radius 3 is 2.47 bits per heavy atom. The van der Waals surface area contributed by atoms with Gasteiger partial charge in [-0.2, -0.15) is 0 Å². The molecule has 0 bridgehead atoms. The molecule has 0 saturated heterocycles. The zero-order valence-corrected chi connectivity index (χ0v) is 16.4. The molecular formula is C21H20FN3O5. The van der Waals surface area contributed by atoms with E-state index in [0.29, 0.717) is 23.6 Å². The Bertz CT molecular complexity index is 1180. The lowest BCUT2D eigenvalue weighted by Gasteiger charge is -2.12. The molecule has 0 aliphatic carbocycles. The summed E-state index contributed by atoms with van der Waals surface area (Å²) in [7, 11) is 3.05. The molecular weight excluding hydrogens is 393 g/mol. The number of benzene rings is 2. The van der Waals surface area contributed by atoms with Gasteiger partial charge in [-0.25, -0.2) is 9.18 Å². The van der Waals surface area contributed by atoms with Crippen molar-refractivity contribution in [2.24, 2.45) is 4.99 Å². The van der Waals surface area contributed by atoms with Crippen molar-refractivity contribution in [3.8, 4) is 17.4 Å². The van der Waals surface area contributed by atoms with Gasteiger partial charge in [-0.15, -0.1) is 0 Å². The third-order valence-electron chi connectivity index (χ3n) is 4.45. The van der Waals surface area contributed by atoms with Gasteiger partial charge in [-0.1, -0.05) is 6.07 Å². The van der Waals surface area contributed by atoms with Crippen LogP contribution in [-0.4, -0.2) is 35.1 Å². The van der Waals surface area contributed by atoms with Crippen molar-refractivity contribution < 1.29 is 19.0 Å². The normalized spacial score (nSPS) is 11.0. The Kier molecular flexibility index (Phi) is 6.31. The summed E-state index contributed by atoms with van der Waals surface area (Å²) < 4.78 is 24.5. The number of methoxy groups -OCH3 is 2. The zero-order valence-electron chi connectivity index (χ0n) is 16.4. The predicted molar refractivity (Wildman–Crippen MR) is 110 cm³/mol. The maximum Gasteiger partial charge on any atom is 0.331 e. The van der Waals surface area contributed by atoms with E-state index in [1.165, 1.54) is 38.5 Å². The molecule has 3 rings (SSSR count). The molecule has 0 radical (unpaired) electrons. The summed E-state index contributed by atoms with van der Waals surface area (Å²) in [5, 5.41) is 10.5. The number of rotatable bonds is 7. The molecule has 156 valence electrons. The van der Waals surface area contributed by atoms with Crippen LogP contribution in [0.25, 0.3) is 0 Å². The molecule has 0 unspecified atom stereocenters. The van der Waals surface area contributed by atoms with Gasteiger partial charge in [0.25, 0.3) is 5.56 Å². The highest BCUT2D eigenvalue weighted by molar-refractivity contribution is 5.83. The number of aromatic nitrogens is 2. The Labute approximate surface area is 170 Å². The van der Waals surface area contributed by atoms with Crippen LogP contribution in [0.3, 0.4) is 0 Å². The lowest BCUT2D eigenvalue weighted by Crippen LogP contribution is -2.32. The Morgan fingerprint density at radius 2 is 1.80 bits per heavy atom. The van der Waals surface area contributed by atoms with Gasteiger partial charge >= 0.3 is 5.69 Å². The van der Waals surface area contributed by atoms with Gasteiger partial charge in [0.05, 0.1) is 19.9 Å². The number of nitrogens with one attached hydrogen (secondary N) is 1. The molecule has 0 saturated carbocycles. The fraction of sp³-hybridized carbons (Fsp3) is 0.190. The summed E-state index contributed by atoms with van der Waals surface area (Å²) in [6, 6.07) is 10.6. The second kappa shape index (κ2) is 9.08. The summed E-state index contributed by atoms with van der Waals surface area (Å²) in [5.41, 5.74) is -0.459. The number of aliphatic imine (C=N–C) groups is 1. The molecule has 8 nitrogen and oxygen atoms in total. The van der Waals surface area contributed by atoms with E-state index in [4.69, 9.17) is 9.47 Å². The van der Waals surface area contributed by atoms with Crippen molar-refractivity contribution in [3.05, 3.63) is 80.2 Å². The lowest BCUT2D eigenvalue weighted by atomic mass is 10.1. The average molecular weight is 413 g/mol. The van der Waals surface area contributed by atoms with Crippen LogP contribution in [-0.2, 0) is 13.0 Å². The van der Waals surface area contributed by atoms with Gasteiger partial charge in [0.15, 0.2) is 11.5 Å². The van der Waals surface area contributed by atoms with E-state index in [2.05, 4.69) is 9.98 Å². The molecule has 30 heavy (non-hydrogen) atoms. The van der Waals surface area contributed by atoms with Crippen LogP contribution < -0.4 is 20.7 Å². The van der Waals surface area contributed by atoms with Crippen molar-refractivity contribution in [2.75, 3.05) is 14.2 Å². The number of aromatic hydroxyl groups is 1. The largest absolute Gasteiger partial charge is 0.494 e. The van der Waals surface area contributed by atoms with Gasteiger partial charge in [0.2, 0.25) is 5.88 Å². The molecule has 3 aromatic rings. The van der Waals surface area contributed by atoms with Crippen molar-refractivity contribution >= 4 is 11.9 Å². The Balaban J connectivity index is 1.87. The molecule has 1 heterocycles. The topological polar surface area (TPSA) is 106 Å². The smallest absolute Gasteiger partial charge is 0.331 e. The molecule has 0 amide bonds. The maximum atomic E-state index is 13.0. The van der Waals surface area contributed by atoms with E-state index in [9.17, 15) is 19.1 Å². The summed E-state index contributed by atoms with van der Waals surface area (Å²) >= 11 is 0. The summed E-state index contributed by atoms with van der Waals surface area (Å²) in [5.74, 6) is 0.193. The zero-order chi connectivity index (χ0) is 21.7. The van der Waals surface area contributed by atoms with Crippen LogP contribution >= 0.6 is 0 Å². The molecule has 0 aliphatic heterocycles. The second-order valence-electron chi connectivity index (χ2n) is 6.32. The SMILES string of the molecule is COc1ccc(CCn2c(O)c(C=Nc3ccc(F)cc3)c(=O)[nH]c2=O)cc1OC. The minimum Gasteiger partial charge on any atom is -0.494 e. The highest BCUT2D eigenvalue weighted by Gasteiger charge is 2.13. The third-order valence-corrected chi connectivity index (χ3v) is 4.45. The second-order valence-corrected chi connectivity index (χ2v) is 6.32. The molecule has 9 heteroatoms. The Morgan fingerprint density at radius 1 is 1.10 bits per heavy atom. The number of H-pyrrole nitrogens is 1. The quantitative estimate of drug-likeness (QED) is 0.579. The van der Waals surface area contributed by atoms with Crippen LogP contribution in [0.1, 0.15) is 11.1 Å². The van der Waals surface area contributed by atoms with Crippen LogP contribution in [0.2, 0.25) is 0 Å². The number of nitrogens with zero attached hydrogens (tertiary/aromatic N) is 2. The molecule has 1 aromatic heterocycles. The monoisotopic (exact) mass is 413 g/mol. The first-order valence-corrected chi connectivity index (χ1v) is 8.99. The molecule has 0 spiro atoms. The number of hydrogen-bond acceptors (Lipinski definition) is 6. The van der Waals surface area contributed by atoms with Crippen LogP contribution in [0.15, 0.2) is 57.0 Å². The van der Waals surface area contributed by atoms with E-state index in [1.807, 2.05) is 6.07 Å². The molecule has 2 N–H and O–H groups in total. The number of ether oxygens (including phenoxy) is 2. The van der Waals surface area contributed by atoms with Gasteiger partial charge < -0.3 is 14.6 Å². The number of hydrogen-bond donors (Lipinski definition) is 2. The average Bonchev–Trinajstić information content (AvgIpc) is 2.74. The van der Waals surface area contributed by atoms with Crippen molar-refractivity contribution in [2.45, 2.75) is 13.0 Å². The number of halogens is 1. The van der Waals surface area contributed by atoms with E-state index < -0.39 is 22.9 Å². The molecule has 0 atom stereocenters. The fourth-order valence-corrected chi connectivity index (χ4v) is 2.84. The highest BCUT2D eigenvalue weighted by atomic mass is 19.1. The first-order chi connectivity index (χ1) is 14.4. The van der Waals surface area contributed by atoms with Crippen LogP contribution in [0.5, 0.6) is 17.4 Å². The standard InChI is InChI=1S/C21H20FN3O5/c1-29-17-8-3-13(11-18(17)30-2)9-10-25-20(27)16(19(26)24-21(25)28)12-23-15-6-4-14(22)5-7-15/h3-8,11-12,27H,9-10H2,1-2H3,(H,24,26,28). The molecule has 2 aromatic carbocycles. The Hall–Kier alpha value is -3.88. The van der Waals surface area contributed by atoms with E-state index in [1.54, 1.807) is 12.1 Å². The minimum atomic E-state index is -0.772. The predicted octanol–water partition coefficient (Wildman–Crippen LogP) is 2.39. The van der Waals surface area contributed by atoms with Crippen LogP contribution in [0.4, 0.5) is 10.1 Å². The van der Waals surface area contributed by atoms with Crippen molar-refractivity contribution in [1.82, 2.24) is 9.55 Å². The first-order valence-electron chi connectivity index (χ1n) is 8.99. The van der Waals surface area contributed by atoms with Gasteiger partial charge in [-0.05, 0) is 48.4 Å². The highest BCUT2D eigenvalue weighted by Crippen LogP contribution is 2.28. The van der Waals surface area contributed by atoms with Crippen molar-refractivity contribution in [1.29, 1.82) is 0 Å². The molecule has 0 fully saturated rings. The number of aryl methyl sites for hydroxylation is 1. The van der Waals surface area contributed by atoms with E-state index in [-0.39, 0.29) is 12.1 Å². The number of aromatic amines is 1. The van der Waals surface area contributed by atoms with Crippen molar-refractivity contribution in [3.63, 3.8) is 0 Å². The van der Waals surface area contributed by atoms with E-state index >= 15 is 0 Å². The lowest BCUT2D eigenvalue weighted by molar-refractivity contribution is 0.354. The maximum absolute atomic E-state index is 13.0. The third kappa shape index (κ3) is 4.57. The molecule has 0 aliphatic rings. The summed E-state index contributed by atoms with van der Waals surface area (Å²) in [4.78, 5) is 30.5. The van der Waals surface area contributed by atoms with Gasteiger partial charge in [0, 0.05) is 12.8 Å². The van der Waals surface area contributed by atoms with Gasteiger partial charge in [0.1, 0.15) is 11.4 Å². The van der Waals surface area contributed by atoms with E-state index in [0.717, 1.165) is 16.3 Å².